The SMILES string of the molecule is COOC(=O)c1ccccc1S(=O)(=O)N=Cc1ccc(C)cc1. The van der Waals surface area contributed by atoms with Gasteiger partial charge >= 0.3 is 5.97 Å². The van der Waals surface area contributed by atoms with Crippen LogP contribution in [0.2, 0.25) is 0 Å². The van der Waals surface area contributed by atoms with Crippen LogP contribution in [-0.4, -0.2) is 27.7 Å². The van der Waals surface area contributed by atoms with Gasteiger partial charge in [0.15, 0.2) is 0 Å². The Kier molecular flexibility index (Phi) is 5.25. The van der Waals surface area contributed by atoms with Crippen LogP contribution < -0.4 is 0 Å². The third-order valence-electron chi connectivity index (χ3n) is 2.96. The summed E-state index contributed by atoms with van der Waals surface area (Å²) in [5, 5.41) is 0. The molecule has 0 radical (unpaired) electrons. The maximum atomic E-state index is 12.4. The van der Waals surface area contributed by atoms with E-state index in [-0.39, 0.29) is 10.5 Å². The molecule has 2 rings (SSSR count). The van der Waals surface area contributed by atoms with Gasteiger partial charge in [-0.3, -0.25) is 4.89 Å². The smallest absolute Gasteiger partial charge is 0.293 e. The Hall–Kier alpha value is -2.51. The first kappa shape index (κ1) is 16.9. The molecule has 0 aliphatic carbocycles. The van der Waals surface area contributed by atoms with Crippen LogP contribution >= 0.6 is 0 Å². The van der Waals surface area contributed by atoms with E-state index in [2.05, 4.69) is 14.2 Å². The molecule has 2 aromatic rings. The topological polar surface area (TPSA) is 82.0 Å². The quantitative estimate of drug-likeness (QED) is 0.477. The molecule has 0 atom stereocenters. The molecule has 0 bridgehead atoms. The van der Waals surface area contributed by atoms with Gasteiger partial charge in [0.2, 0.25) is 0 Å². The first-order valence-electron chi connectivity index (χ1n) is 6.65. The molecule has 23 heavy (non-hydrogen) atoms. The third-order valence-corrected chi connectivity index (χ3v) is 4.26. The van der Waals surface area contributed by atoms with Crippen LogP contribution in [0.3, 0.4) is 0 Å². The van der Waals surface area contributed by atoms with Gasteiger partial charge in [0.25, 0.3) is 10.0 Å². The van der Waals surface area contributed by atoms with Crippen molar-refractivity contribution in [2.24, 2.45) is 4.40 Å². The molecule has 0 unspecified atom stereocenters. The van der Waals surface area contributed by atoms with E-state index in [9.17, 15) is 13.2 Å². The number of hydrogen-bond donors (Lipinski definition) is 0. The molecule has 0 aliphatic rings. The Morgan fingerprint density at radius 2 is 1.74 bits per heavy atom. The number of aryl methyl sites for hydroxylation is 1. The van der Waals surface area contributed by atoms with Crippen molar-refractivity contribution in [2.45, 2.75) is 11.8 Å². The average Bonchev–Trinajstić information content (AvgIpc) is 2.54. The molecule has 0 saturated carbocycles. The fraction of sp³-hybridized carbons (Fsp3) is 0.125. The number of carbonyl (C=O) groups excluding carboxylic acids is 1. The third kappa shape index (κ3) is 4.24. The van der Waals surface area contributed by atoms with Gasteiger partial charge in [0.1, 0.15) is 4.90 Å². The zero-order valence-corrected chi connectivity index (χ0v) is 13.4. The minimum absolute atomic E-state index is 0.143. The number of sulfonamides is 1. The summed E-state index contributed by atoms with van der Waals surface area (Å²) in [6, 6.07) is 12.8. The molecule has 0 aliphatic heterocycles. The minimum atomic E-state index is -4.05. The van der Waals surface area contributed by atoms with Crippen LogP contribution in [0.1, 0.15) is 21.5 Å². The Morgan fingerprint density at radius 1 is 1.09 bits per heavy atom. The fourth-order valence-corrected chi connectivity index (χ4v) is 2.87. The van der Waals surface area contributed by atoms with E-state index < -0.39 is 16.0 Å². The highest BCUT2D eigenvalue weighted by Crippen LogP contribution is 2.19. The number of carbonyl (C=O) groups is 1. The van der Waals surface area contributed by atoms with Gasteiger partial charge in [-0.15, -0.1) is 0 Å². The molecule has 6 nitrogen and oxygen atoms in total. The highest BCUT2D eigenvalue weighted by atomic mass is 32.2. The van der Waals surface area contributed by atoms with Crippen LogP contribution in [0.5, 0.6) is 0 Å². The van der Waals surface area contributed by atoms with E-state index in [1.54, 1.807) is 12.1 Å². The molecule has 0 N–H and O–H groups in total. The molecule has 120 valence electrons. The largest absolute Gasteiger partial charge is 0.374 e. The van der Waals surface area contributed by atoms with Crippen molar-refractivity contribution in [3.8, 4) is 0 Å². The summed E-state index contributed by atoms with van der Waals surface area (Å²) in [5.41, 5.74) is 1.55. The number of benzene rings is 2. The first-order valence-corrected chi connectivity index (χ1v) is 8.09. The highest BCUT2D eigenvalue weighted by molar-refractivity contribution is 7.90. The van der Waals surface area contributed by atoms with Crippen LogP contribution in [0.25, 0.3) is 0 Å². The lowest BCUT2D eigenvalue weighted by Crippen LogP contribution is -2.10. The molecule has 7 heteroatoms. The predicted octanol–water partition coefficient (Wildman–Crippen LogP) is 2.52. The minimum Gasteiger partial charge on any atom is -0.293 e. The summed E-state index contributed by atoms with van der Waals surface area (Å²) < 4.78 is 28.3. The lowest BCUT2D eigenvalue weighted by Gasteiger charge is -2.05. The van der Waals surface area contributed by atoms with Gasteiger partial charge in [-0.05, 0) is 24.6 Å². The summed E-state index contributed by atoms with van der Waals surface area (Å²) >= 11 is 0. The Morgan fingerprint density at radius 3 is 2.39 bits per heavy atom. The van der Waals surface area contributed by atoms with Crippen LogP contribution in [0, 0.1) is 6.92 Å². The summed E-state index contributed by atoms with van der Waals surface area (Å²) in [5.74, 6) is -0.905. The van der Waals surface area contributed by atoms with E-state index in [1.165, 1.54) is 30.5 Å². The van der Waals surface area contributed by atoms with Gasteiger partial charge in [0, 0.05) is 6.21 Å². The van der Waals surface area contributed by atoms with Crippen molar-refractivity contribution in [3.05, 3.63) is 65.2 Å². The van der Waals surface area contributed by atoms with Gasteiger partial charge in [0.05, 0.1) is 12.7 Å². The Labute approximate surface area is 134 Å². The molecular weight excluding hydrogens is 318 g/mol. The van der Waals surface area contributed by atoms with Crippen LogP contribution in [-0.2, 0) is 19.8 Å². The summed E-state index contributed by atoms with van der Waals surface area (Å²) in [4.78, 5) is 20.2. The molecule has 0 aromatic heterocycles. The molecule has 0 heterocycles. The van der Waals surface area contributed by atoms with Gasteiger partial charge in [-0.1, -0.05) is 42.0 Å². The monoisotopic (exact) mass is 333 g/mol. The van der Waals surface area contributed by atoms with Crippen molar-refractivity contribution in [2.75, 3.05) is 7.11 Å². The number of hydrogen-bond acceptors (Lipinski definition) is 5. The normalized spacial score (nSPS) is 11.6. The van der Waals surface area contributed by atoms with Crippen LogP contribution in [0.4, 0.5) is 0 Å². The standard InChI is InChI=1S/C16H15NO5S/c1-12-7-9-13(10-8-12)11-17-23(19,20)15-6-4-3-5-14(15)16(18)22-21-2/h3-11H,1-2H3. The summed E-state index contributed by atoms with van der Waals surface area (Å²) in [6.07, 6.45) is 1.23. The second-order valence-electron chi connectivity index (χ2n) is 4.65. The lowest BCUT2D eigenvalue weighted by molar-refractivity contribution is -0.216. The zero-order chi connectivity index (χ0) is 16.9. The number of rotatable bonds is 5. The molecule has 2 aromatic carbocycles. The molecule has 0 saturated heterocycles. The van der Waals surface area contributed by atoms with Crippen LogP contribution in [0.15, 0.2) is 57.8 Å². The lowest BCUT2D eigenvalue weighted by atomic mass is 10.2. The summed E-state index contributed by atoms with van der Waals surface area (Å²) in [6.45, 7) is 1.93. The first-order chi connectivity index (χ1) is 10.9. The second kappa shape index (κ2) is 7.17. The highest BCUT2D eigenvalue weighted by Gasteiger charge is 2.22. The predicted molar refractivity (Wildman–Crippen MR) is 84.8 cm³/mol. The van der Waals surface area contributed by atoms with Crippen molar-refractivity contribution in [1.29, 1.82) is 0 Å². The number of nitrogens with zero attached hydrogens (tertiary/aromatic N) is 1. The van der Waals surface area contributed by atoms with Crippen molar-refractivity contribution in [1.82, 2.24) is 0 Å². The van der Waals surface area contributed by atoms with E-state index >= 15 is 0 Å². The van der Waals surface area contributed by atoms with Gasteiger partial charge in [-0.2, -0.15) is 17.7 Å². The molecular formula is C16H15NO5S. The van der Waals surface area contributed by atoms with E-state index in [0.717, 1.165) is 12.7 Å². The molecule has 0 fully saturated rings. The fourth-order valence-electron chi connectivity index (χ4n) is 1.82. The zero-order valence-electron chi connectivity index (χ0n) is 12.6. The maximum absolute atomic E-state index is 12.4. The van der Waals surface area contributed by atoms with E-state index in [4.69, 9.17) is 0 Å². The molecule has 0 spiro atoms. The van der Waals surface area contributed by atoms with Gasteiger partial charge in [-0.25, -0.2) is 4.79 Å². The Bertz CT molecular complexity index is 826. The molecule has 0 amide bonds. The van der Waals surface area contributed by atoms with Crippen molar-refractivity contribution >= 4 is 22.2 Å². The second-order valence-corrected chi connectivity index (χ2v) is 6.25. The summed E-state index contributed by atoms with van der Waals surface area (Å²) in [7, 11) is -2.89. The van der Waals surface area contributed by atoms with Crippen molar-refractivity contribution < 1.29 is 23.0 Å². The average molecular weight is 333 g/mol. The van der Waals surface area contributed by atoms with E-state index in [0.29, 0.717) is 5.56 Å². The Balaban J connectivity index is 2.36. The van der Waals surface area contributed by atoms with Gasteiger partial charge < -0.3 is 0 Å². The van der Waals surface area contributed by atoms with E-state index in [1.807, 2.05) is 19.1 Å². The maximum Gasteiger partial charge on any atom is 0.374 e. The van der Waals surface area contributed by atoms with Crippen molar-refractivity contribution in [3.63, 3.8) is 0 Å².